The molecule has 6 nitrogen and oxygen atoms in total. The molecule has 0 radical (unpaired) electrons. The number of oxime groups is 1. The van der Waals surface area contributed by atoms with Crippen LogP contribution in [0.2, 0.25) is 0 Å². The first kappa shape index (κ1) is 14.8. The van der Waals surface area contributed by atoms with Crippen LogP contribution in [-0.2, 0) is 9.53 Å². The fraction of sp³-hybridized carbons (Fsp3) is 0.833. The number of nitrogens with zero attached hydrogens (tertiary/aromatic N) is 1. The van der Waals surface area contributed by atoms with E-state index in [0.717, 1.165) is 32.3 Å². The van der Waals surface area contributed by atoms with Crippen molar-refractivity contribution in [3.8, 4) is 0 Å². The molecule has 0 bridgehead atoms. The maximum Gasteiger partial charge on any atom is 0.233 e. The molecule has 6 heteroatoms. The quantitative estimate of drug-likeness (QED) is 0.197. The van der Waals surface area contributed by atoms with Crippen LogP contribution in [0, 0.1) is 5.41 Å². The van der Waals surface area contributed by atoms with Gasteiger partial charge >= 0.3 is 0 Å². The van der Waals surface area contributed by atoms with Gasteiger partial charge in [0.05, 0.1) is 0 Å². The van der Waals surface area contributed by atoms with Gasteiger partial charge in [-0.15, -0.1) is 0 Å². The SMILES string of the molecule is COCCCCCNC(=O)C1(C(N)=NO)CCC1. The molecule has 18 heavy (non-hydrogen) atoms. The van der Waals surface area contributed by atoms with Crippen LogP contribution in [0.3, 0.4) is 0 Å². The Morgan fingerprint density at radius 1 is 1.44 bits per heavy atom. The molecule has 0 aliphatic heterocycles. The number of amides is 1. The summed E-state index contributed by atoms with van der Waals surface area (Å²) in [7, 11) is 1.68. The third kappa shape index (κ3) is 3.35. The van der Waals surface area contributed by atoms with Crippen molar-refractivity contribution in [3.05, 3.63) is 0 Å². The standard InChI is InChI=1S/C12H23N3O3/c1-18-9-4-2-3-8-14-11(16)12(6-5-7-12)10(13)15-17/h17H,2-9H2,1H3,(H2,13,15)(H,14,16). The first-order valence-electron chi connectivity index (χ1n) is 6.42. The molecule has 1 rings (SSSR count). The third-order valence-corrected chi connectivity index (χ3v) is 3.55. The van der Waals surface area contributed by atoms with Crippen LogP contribution in [0.4, 0.5) is 0 Å². The topological polar surface area (TPSA) is 96.9 Å². The summed E-state index contributed by atoms with van der Waals surface area (Å²) >= 11 is 0. The second kappa shape index (κ2) is 7.20. The number of rotatable bonds is 8. The highest BCUT2D eigenvalue weighted by atomic mass is 16.5. The van der Waals surface area contributed by atoms with Crippen molar-refractivity contribution in [3.63, 3.8) is 0 Å². The zero-order valence-corrected chi connectivity index (χ0v) is 10.9. The van der Waals surface area contributed by atoms with Crippen LogP contribution < -0.4 is 11.1 Å². The van der Waals surface area contributed by atoms with Crippen molar-refractivity contribution in [2.75, 3.05) is 20.3 Å². The molecule has 104 valence electrons. The minimum absolute atomic E-state index is 0.0330. The Kier molecular flexibility index (Phi) is 5.91. The molecule has 1 amide bonds. The van der Waals surface area contributed by atoms with Crippen LogP contribution in [0.5, 0.6) is 0 Å². The molecule has 1 saturated carbocycles. The third-order valence-electron chi connectivity index (χ3n) is 3.55. The van der Waals surface area contributed by atoms with Crippen LogP contribution in [0.15, 0.2) is 5.16 Å². The van der Waals surface area contributed by atoms with Crippen molar-refractivity contribution >= 4 is 11.7 Å². The van der Waals surface area contributed by atoms with Gasteiger partial charge in [0.1, 0.15) is 5.41 Å². The number of carbonyl (C=O) groups excluding carboxylic acids is 1. The van der Waals surface area contributed by atoms with Crippen LogP contribution in [0.25, 0.3) is 0 Å². The number of nitrogens with two attached hydrogens (primary N) is 1. The number of unbranched alkanes of at least 4 members (excludes halogenated alkanes) is 2. The molecule has 4 N–H and O–H groups in total. The summed E-state index contributed by atoms with van der Waals surface area (Å²) in [5, 5.41) is 14.6. The van der Waals surface area contributed by atoms with Crippen molar-refractivity contribution in [2.45, 2.75) is 38.5 Å². The van der Waals surface area contributed by atoms with Crippen LogP contribution in [0.1, 0.15) is 38.5 Å². The predicted octanol–water partition coefficient (Wildman–Crippen LogP) is 0.836. The van der Waals surface area contributed by atoms with Gasteiger partial charge in [-0.1, -0.05) is 11.6 Å². The molecule has 0 heterocycles. The lowest BCUT2D eigenvalue weighted by Gasteiger charge is -2.38. The van der Waals surface area contributed by atoms with Crippen LogP contribution >= 0.6 is 0 Å². The molecular weight excluding hydrogens is 234 g/mol. The minimum atomic E-state index is -0.763. The van der Waals surface area contributed by atoms with Gasteiger partial charge in [-0.3, -0.25) is 4.79 Å². The highest BCUT2D eigenvalue weighted by Crippen LogP contribution is 2.41. The van der Waals surface area contributed by atoms with Gasteiger partial charge < -0.3 is 21.0 Å². The summed E-state index contributed by atoms with van der Waals surface area (Å²) in [6.45, 7) is 1.38. The van der Waals surface area contributed by atoms with Crippen LogP contribution in [-0.4, -0.2) is 37.2 Å². The number of methoxy groups -OCH3 is 1. The van der Waals surface area contributed by atoms with Gasteiger partial charge in [0.15, 0.2) is 5.84 Å². The lowest BCUT2D eigenvalue weighted by molar-refractivity contribution is -0.131. The zero-order valence-electron chi connectivity index (χ0n) is 10.9. The second-order valence-electron chi connectivity index (χ2n) is 4.73. The number of hydrogen-bond donors (Lipinski definition) is 3. The van der Waals surface area contributed by atoms with Crippen molar-refractivity contribution in [1.82, 2.24) is 5.32 Å². The maximum absolute atomic E-state index is 12.0. The molecule has 1 fully saturated rings. The number of ether oxygens (including phenoxy) is 1. The largest absolute Gasteiger partial charge is 0.409 e. The summed E-state index contributed by atoms with van der Waals surface area (Å²) in [6.07, 6.45) is 5.21. The van der Waals surface area contributed by atoms with E-state index in [-0.39, 0.29) is 11.7 Å². The Bertz CT molecular complexity index is 301. The number of amidine groups is 1. The molecule has 0 saturated heterocycles. The normalized spacial score (nSPS) is 18.2. The average molecular weight is 257 g/mol. The van der Waals surface area contributed by atoms with Gasteiger partial charge in [-0.05, 0) is 32.1 Å². The number of hydrogen-bond acceptors (Lipinski definition) is 4. The number of carbonyl (C=O) groups is 1. The van der Waals surface area contributed by atoms with E-state index in [1.54, 1.807) is 7.11 Å². The Morgan fingerprint density at radius 2 is 2.17 bits per heavy atom. The number of nitrogens with one attached hydrogen (secondary N) is 1. The molecule has 0 aromatic rings. The Balaban J connectivity index is 2.27. The van der Waals surface area contributed by atoms with E-state index in [1.807, 2.05) is 0 Å². The summed E-state index contributed by atoms with van der Waals surface area (Å²) in [6, 6.07) is 0. The van der Waals surface area contributed by atoms with Crippen molar-refractivity contribution < 1.29 is 14.7 Å². The molecular formula is C12H23N3O3. The minimum Gasteiger partial charge on any atom is -0.409 e. The maximum atomic E-state index is 12.0. The monoisotopic (exact) mass is 257 g/mol. The Labute approximate surface area is 108 Å². The molecule has 0 aromatic heterocycles. The predicted molar refractivity (Wildman–Crippen MR) is 68.4 cm³/mol. The highest BCUT2D eigenvalue weighted by molar-refractivity contribution is 6.07. The lowest BCUT2D eigenvalue weighted by Crippen LogP contribution is -2.54. The summed E-state index contributed by atoms with van der Waals surface area (Å²) < 4.78 is 4.95. The molecule has 0 aromatic carbocycles. The second-order valence-corrected chi connectivity index (χ2v) is 4.73. The smallest absolute Gasteiger partial charge is 0.233 e. The van der Waals surface area contributed by atoms with Gasteiger partial charge in [0, 0.05) is 20.3 Å². The highest BCUT2D eigenvalue weighted by Gasteiger charge is 2.48. The Hall–Kier alpha value is -1.30. The van der Waals surface area contributed by atoms with Crippen molar-refractivity contribution in [1.29, 1.82) is 0 Å². The molecule has 0 unspecified atom stereocenters. The van der Waals surface area contributed by atoms with Gasteiger partial charge in [0.2, 0.25) is 5.91 Å². The fourth-order valence-electron chi connectivity index (χ4n) is 2.14. The van der Waals surface area contributed by atoms with E-state index in [0.29, 0.717) is 19.4 Å². The summed E-state index contributed by atoms with van der Waals surface area (Å²) in [5.74, 6) is -0.0820. The molecule has 1 aliphatic rings. The van der Waals surface area contributed by atoms with Crippen molar-refractivity contribution in [2.24, 2.45) is 16.3 Å². The Morgan fingerprint density at radius 3 is 2.67 bits per heavy atom. The van der Waals surface area contributed by atoms with Gasteiger partial charge in [-0.2, -0.15) is 0 Å². The van der Waals surface area contributed by atoms with E-state index in [4.69, 9.17) is 15.7 Å². The molecule has 0 spiro atoms. The molecule has 0 atom stereocenters. The van der Waals surface area contributed by atoms with E-state index in [2.05, 4.69) is 10.5 Å². The van der Waals surface area contributed by atoms with Gasteiger partial charge in [0.25, 0.3) is 0 Å². The zero-order chi connectivity index (χ0) is 13.4. The van der Waals surface area contributed by atoms with Gasteiger partial charge in [-0.25, -0.2) is 0 Å². The first-order chi connectivity index (χ1) is 8.67. The summed E-state index contributed by atoms with van der Waals surface area (Å²) in [5.41, 5.74) is 4.84. The fourth-order valence-corrected chi connectivity index (χ4v) is 2.14. The first-order valence-corrected chi connectivity index (χ1v) is 6.42. The lowest BCUT2D eigenvalue weighted by atomic mass is 9.67. The summed E-state index contributed by atoms with van der Waals surface area (Å²) in [4.78, 5) is 12.0. The average Bonchev–Trinajstić information content (AvgIpc) is 2.32. The van der Waals surface area contributed by atoms with E-state index in [1.165, 1.54) is 0 Å². The van der Waals surface area contributed by atoms with E-state index in [9.17, 15) is 4.79 Å². The molecule has 1 aliphatic carbocycles. The van der Waals surface area contributed by atoms with E-state index >= 15 is 0 Å². The van der Waals surface area contributed by atoms with E-state index < -0.39 is 5.41 Å².